The Morgan fingerprint density at radius 1 is 1.00 bits per heavy atom. The number of aryl methyl sites for hydroxylation is 1. The van der Waals surface area contributed by atoms with Gasteiger partial charge in [-0.1, -0.05) is 35.0 Å². The summed E-state index contributed by atoms with van der Waals surface area (Å²) in [5, 5.41) is 11.3. The molecule has 0 fully saturated rings. The fourth-order valence-electron chi connectivity index (χ4n) is 2.50. The zero-order valence-electron chi connectivity index (χ0n) is 13.6. The molecule has 2 heterocycles. The molecule has 0 aliphatic heterocycles. The average Bonchev–Trinajstić information content (AvgIpc) is 3.27. The zero-order chi connectivity index (χ0) is 17.2. The van der Waals surface area contributed by atoms with E-state index in [1.165, 1.54) is 29.0 Å². The van der Waals surface area contributed by atoms with Crippen molar-refractivity contribution in [1.29, 1.82) is 0 Å². The smallest absolute Gasteiger partial charge is 0.123 e. The molecular formula is C19H15FN4S. The predicted octanol–water partition coefficient (Wildman–Crippen LogP) is 4.56. The summed E-state index contributed by atoms with van der Waals surface area (Å²) in [6, 6.07) is 14.6. The van der Waals surface area contributed by atoms with E-state index in [2.05, 4.69) is 34.4 Å². The SMILES string of the molecule is Cc1ccc(-c2cn(Cc3csc(-c4ccc(F)cc4)n3)nn2)cc1. The Bertz CT molecular complexity index is 905. The summed E-state index contributed by atoms with van der Waals surface area (Å²) in [6.07, 6.45) is 1.92. The second kappa shape index (κ2) is 6.57. The largest absolute Gasteiger partial charge is 0.246 e. The maximum Gasteiger partial charge on any atom is 0.123 e. The Kier molecular flexibility index (Phi) is 4.11. The number of hydrogen-bond acceptors (Lipinski definition) is 4. The minimum absolute atomic E-state index is 0.244. The van der Waals surface area contributed by atoms with Gasteiger partial charge in [-0.15, -0.1) is 16.4 Å². The number of thiazole rings is 1. The summed E-state index contributed by atoms with van der Waals surface area (Å²) in [6.45, 7) is 2.61. The lowest BCUT2D eigenvalue weighted by Crippen LogP contribution is -2.00. The highest BCUT2D eigenvalue weighted by molar-refractivity contribution is 7.13. The van der Waals surface area contributed by atoms with Gasteiger partial charge in [-0.25, -0.2) is 14.1 Å². The first-order valence-corrected chi connectivity index (χ1v) is 8.73. The molecule has 0 spiro atoms. The van der Waals surface area contributed by atoms with E-state index in [-0.39, 0.29) is 5.82 Å². The number of halogens is 1. The molecule has 0 aliphatic rings. The van der Waals surface area contributed by atoms with Crippen LogP contribution in [0.4, 0.5) is 4.39 Å². The Hall–Kier alpha value is -2.86. The lowest BCUT2D eigenvalue weighted by Gasteiger charge is -1.97. The molecule has 2 aromatic carbocycles. The molecule has 0 aliphatic carbocycles. The van der Waals surface area contributed by atoms with Crippen molar-refractivity contribution >= 4 is 11.3 Å². The van der Waals surface area contributed by atoms with Gasteiger partial charge in [0.1, 0.15) is 16.5 Å². The summed E-state index contributed by atoms with van der Waals surface area (Å²) in [7, 11) is 0. The first-order chi connectivity index (χ1) is 12.2. The molecule has 0 radical (unpaired) electrons. The third-order valence-corrected chi connectivity index (χ3v) is 4.79. The summed E-state index contributed by atoms with van der Waals surface area (Å²) in [4.78, 5) is 4.61. The molecule has 2 aromatic heterocycles. The minimum Gasteiger partial charge on any atom is -0.246 e. The van der Waals surface area contributed by atoms with Gasteiger partial charge in [0.05, 0.1) is 18.4 Å². The number of nitrogens with zero attached hydrogens (tertiary/aromatic N) is 4. The van der Waals surface area contributed by atoms with Gasteiger partial charge in [-0.2, -0.15) is 0 Å². The van der Waals surface area contributed by atoms with Crippen LogP contribution >= 0.6 is 11.3 Å². The van der Waals surface area contributed by atoms with Crippen LogP contribution in [-0.4, -0.2) is 20.0 Å². The molecule has 25 heavy (non-hydrogen) atoms. The zero-order valence-corrected chi connectivity index (χ0v) is 14.4. The molecule has 0 N–H and O–H groups in total. The van der Waals surface area contributed by atoms with Gasteiger partial charge in [0.25, 0.3) is 0 Å². The van der Waals surface area contributed by atoms with E-state index in [1.54, 1.807) is 16.8 Å². The van der Waals surface area contributed by atoms with E-state index < -0.39 is 0 Å². The van der Waals surface area contributed by atoms with Gasteiger partial charge < -0.3 is 0 Å². The van der Waals surface area contributed by atoms with Crippen LogP contribution < -0.4 is 0 Å². The highest BCUT2D eigenvalue weighted by Crippen LogP contribution is 2.24. The van der Waals surface area contributed by atoms with Crippen LogP contribution in [-0.2, 0) is 6.54 Å². The van der Waals surface area contributed by atoms with Crippen LogP contribution in [0.25, 0.3) is 21.8 Å². The van der Waals surface area contributed by atoms with Gasteiger partial charge >= 0.3 is 0 Å². The van der Waals surface area contributed by atoms with Crippen molar-refractivity contribution in [3.63, 3.8) is 0 Å². The number of hydrogen-bond donors (Lipinski definition) is 0. The predicted molar refractivity (Wildman–Crippen MR) is 96.8 cm³/mol. The molecule has 4 rings (SSSR count). The van der Waals surface area contributed by atoms with Crippen molar-refractivity contribution in [2.45, 2.75) is 13.5 Å². The molecule has 0 bridgehead atoms. The van der Waals surface area contributed by atoms with Crippen molar-refractivity contribution in [2.75, 3.05) is 0 Å². The quantitative estimate of drug-likeness (QED) is 0.542. The van der Waals surface area contributed by atoms with E-state index >= 15 is 0 Å². The fraction of sp³-hybridized carbons (Fsp3) is 0.105. The first kappa shape index (κ1) is 15.7. The van der Waals surface area contributed by atoms with Crippen LogP contribution in [0, 0.1) is 12.7 Å². The maximum atomic E-state index is 13.0. The lowest BCUT2D eigenvalue weighted by atomic mass is 10.1. The van der Waals surface area contributed by atoms with E-state index in [9.17, 15) is 4.39 Å². The summed E-state index contributed by atoms with van der Waals surface area (Å²) in [5.74, 6) is -0.244. The van der Waals surface area contributed by atoms with E-state index in [1.807, 2.05) is 23.7 Å². The number of rotatable bonds is 4. The highest BCUT2D eigenvalue weighted by atomic mass is 32.1. The summed E-state index contributed by atoms with van der Waals surface area (Å²) in [5.41, 5.74) is 4.92. The standard InChI is InChI=1S/C19H15FN4S/c1-13-2-4-14(5-3-13)18-11-24(23-22-18)10-17-12-25-19(21-17)15-6-8-16(20)9-7-15/h2-9,11-12H,10H2,1H3. The van der Waals surface area contributed by atoms with Gasteiger partial charge in [-0.05, 0) is 31.2 Å². The van der Waals surface area contributed by atoms with Gasteiger partial charge in [0, 0.05) is 16.5 Å². The molecule has 0 saturated carbocycles. The second-order valence-corrected chi connectivity index (χ2v) is 6.68. The summed E-state index contributed by atoms with van der Waals surface area (Å²) >= 11 is 1.54. The van der Waals surface area contributed by atoms with E-state index in [4.69, 9.17) is 0 Å². The van der Waals surface area contributed by atoms with Crippen molar-refractivity contribution in [1.82, 2.24) is 20.0 Å². The molecule has 4 aromatic rings. The Morgan fingerprint density at radius 3 is 2.48 bits per heavy atom. The molecule has 6 heteroatoms. The molecule has 0 unspecified atom stereocenters. The highest BCUT2D eigenvalue weighted by Gasteiger charge is 2.08. The van der Waals surface area contributed by atoms with Crippen molar-refractivity contribution in [3.8, 4) is 21.8 Å². The minimum atomic E-state index is -0.244. The van der Waals surface area contributed by atoms with Crippen LogP contribution in [0.15, 0.2) is 60.1 Å². The molecular weight excluding hydrogens is 335 g/mol. The average molecular weight is 350 g/mol. The van der Waals surface area contributed by atoms with Crippen molar-refractivity contribution in [2.24, 2.45) is 0 Å². The molecule has 0 atom stereocenters. The van der Waals surface area contributed by atoms with Crippen LogP contribution in [0.5, 0.6) is 0 Å². The fourth-order valence-corrected chi connectivity index (χ4v) is 3.32. The van der Waals surface area contributed by atoms with Crippen LogP contribution in [0.2, 0.25) is 0 Å². The van der Waals surface area contributed by atoms with Crippen molar-refractivity contribution < 1.29 is 4.39 Å². The lowest BCUT2D eigenvalue weighted by molar-refractivity contribution is 0.628. The van der Waals surface area contributed by atoms with Crippen molar-refractivity contribution in [3.05, 3.63) is 77.2 Å². The Labute approximate surface area is 148 Å². The van der Waals surface area contributed by atoms with Gasteiger partial charge in [-0.3, -0.25) is 0 Å². The monoisotopic (exact) mass is 350 g/mol. The first-order valence-electron chi connectivity index (χ1n) is 7.85. The second-order valence-electron chi connectivity index (χ2n) is 5.82. The molecule has 4 nitrogen and oxygen atoms in total. The molecule has 0 saturated heterocycles. The normalized spacial score (nSPS) is 11.0. The van der Waals surface area contributed by atoms with Gasteiger partial charge in [0.2, 0.25) is 0 Å². The summed E-state index contributed by atoms with van der Waals surface area (Å²) < 4.78 is 14.8. The van der Waals surface area contributed by atoms with Crippen LogP contribution in [0.3, 0.4) is 0 Å². The van der Waals surface area contributed by atoms with Crippen LogP contribution in [0.1, 0.15) is 11.3 Å². The maximum absolute atomic E-state index is 13.0. The number of benzene rings is 2. The third kappa shape index (κ3) is 3.49. The van der Waals surface area contributed by atoms with E-state index in [0.717, 1.165) is 27.5 Å². The Balaban J connectivity index is 1.51. The third-order valence-electron chi connectivity index (χ3n) is 3.85. The molecule has 124 valence electrons. The van der Waals surface area contributed by atoms with E-state index in [0.29, 0.717) is 6.54 Å². The number of aromatic nitrogens is 4. The van der Waals surface area contributed by atoms with Gasteiger partial charge in [0.15, 0.2) is 0 Å². The topological polar surface area (TPSA) is 43.6 Å². The Morgan fingerprint density at radius 2 is 1.72 bits per heavy atom. The molecule has 0 amide bonds.